The van der Waals surface area contributed by atoms with Crippen molar-refractivity contribution in [3.05, 3.63) is 59.9 Å². The Balaban J connectivity index is 2.05. The summed E-state index contributed by atoms with van der Waals surface area (Å²) in [5, 5.41) is 12.4. The summed E-state index contributed by atoms with van der Waals surface area (Å²) >= 11 is 0. The van der Waals surface area contributed by atoms with Gasteiger partial charge >= 0.3 is 0 Å². The third-order valence-corrected chi connectivity index (χ3v) is 2.73. The van der Waals surface area contributed by atoms with Crippen LogP contribution in [0.1, 0.15) is 24.1 Å². The Hall–Kier alpha value is -1.87. The summed E-state index contributed by atoms with van der Waals surface area (Å²) in [5.74, 6) is 0. The highest BCUT2D eigenvalue weighted by atomic mass is 16.3. The van der Waals surface area contributed by atoms with Crippen LogP contribution in [-0.2, 0) is 6.61 Å². The van der Waals surface area contributed by atoms with E-state index in [2.05, 4.69) is 17.2 Å². The van der Waals surface area contributed by atoms with E-state index >= 15 is 0 Å². The van der Waals surface area contributed by atoms with Crippen LogP contribution in [0.3, 0.4) is 0 Å². The molecule has 0 spiro atoms. The number of rotatable bonds is 4. The number of hydrogen-bond donors (Lipinski definition) is 2. The minimum atomic E-state index is 0.0835. The van der Waals surface area contributed by atoms with Gasteiger partial charge in [-0.05, 0) is 42.3 Å². The Kier molecular flexibility index (Phi) is 3.73. The molecule has 0 bridgehead atoms. The molecule has 88 valence electrons. The molecule has 0 saturated carbocycles. The fourth-order valence-electron chi connectivity index (χ4n) is 1.69. The van der Waals surface area contributed by atoms with E-state index < -0.39 is 0 Å². The predicted octanol–water partition coefficient (Wildman–Crippen LogP) is 2.75. The maximum atomic E-state index is 8.96. The zero-order valence-corrected chi connectivity index (χ0v) is 9.80. The van der Waals surface area contributed by atoms with E-state index in [0.717, 1.165) is 11.3 Å². The van der Waals surface area contributed by atoms with Crippen LogP contribution in [0.2, 0.25) is 0 Å². The number of aliphatic hydroxyl groups excluding tert-OH is 1. The molecular weight excluding hydrogens is 212 g/mol. The average Bonchev–Trinajstić information content (AvgIpc) is 2.40. The number of aromatic nitrogens is 1. The summed E-state index contributed by atoms with van der Waals surface area (Å²) in [4.78, 5) is 4.00. The van der Waals surface area contributed by atoms with Gasteiger partial charge < -0.3 is 10.4 Å². The Bertz CT molecular complexity index is 453. The number of nitrogens with one attached hydrogen (secondary N) is 1. The summed E-state index contributed by atoms with van der Waals surface area (Å²) in [7, 11) is 0. The molecule has 3 nitrogen and oxygen atoms in total. The number of anilines is 1. The van der Waals surface area contributed by atoms with Gasteiger partial charge in [-0.25, -0.2) is 0 Å². The van der Waals surface area contributed by atoms with Gasteiger partial charge in [0.25, 0.3) is 0 Å². The van der Waals surface area contributed by atoms with Gasteiger partial charge in [0.1, 0.15) is 0 Å². The van der Waals surface area contributed by atoms with E-state index in [9.17, 15) is 0 Å². The van der Waals surface area contributed by atoms with Crippen LogP contribution in [0.5, 0.6) is 0 Å². The normalized spacial score (nSPS) is 12.1. The number of hydrogen-bond acceptors (Lipinski definition) is 3. The van der Waals surface area contributed by atoms with Gasteiger partial charge in [-0.3, -0.25) is 4.98 Å². The molecule has 0 radical (unpaired) electrons. The molecule has 3 heteroatoms. The van der Waals surface area contributed by atoms with E-state index in [-0.39, 0.29) is 12.6 Å². The first-order valence-corrected chi connectivity index (χ1v) is 5.66. The summed E-state index contributed by atoms with van der Waals surface area (Å²) in [6, 6.07) is 12.0. The maximum absolute atomic E-state index is 8.96. The van der Waals surface area contributed by atoms with E-state index in [1.165, 1.54) is 5.56 Å². The van der Waals surface area contributed by atoms with E-state index in [1.807, 2.05) is 36.4 Å². The SMILES string of the molecule is CC(Nc1ccc(CO)cc1)c1ccncc1. The summed E-state index contributed by atoms with van der Waals surface area (Å²) in [6.45, 7) is 2.19. The van der Waals surface area contributed by atoms with Gasteiger partial charge in [-0.2, -0.15) is 0 Å². The van der Waals surface area contributed by atoms with Crippen molar-refractivity contribution in [2.24, 2.45) is 0 Å². The minimum absolute atomic E-state index is 0.0835. The van der Waals surface area contributed by atoms with Crippen molar-refractivity contribution in [2.45, 2.75) is 19.6 Å². The third kappa shape index (κ3) is 3.04. The molecule has 1 unspecified atom stereocenters. The molecule has 0 aliphatic rings. The third-order valence-electron chi connectivity index (χ3n) is 2.73. The lowest BCUT2D eigenvalue weighted by Gasteiger charge is -2.15. The molecule has 1 aromatic carbocycles. The number of benzene rings is 1. The zero-order valence-electron chi connectivity index (χ0n) is 9.80. The summed E-state index contributed by atoms with van der Waals surface area (Å²) < 4.78 is 0. The Morgan fingerprint density at radius 2 is 1.76 bits per heavy atom. The molecule has 17 heavy (non-hydrogen) atoms. The monoisotopic (exact) mass is 228 g/mol. The summed E-state index contributed by atoms with van der Waals surface area (Å²) in [5.41, 5.74) is 3.17. The molecule has 2 aromatic rings. The molecule has 2 N–H and O–H groups in total. The molecule has 0 saturated heterocycles. The van der Waals surface area contributed by atoms with E-state index in [1.54, 1.807) is 12.4 Å². The predicted molar refractivity (Wildman–Crippen MR) is 68.6 cm³/mol. The van der Waals surface area contributed by atoms with Crippen LogP contribution < -0.4 is 5.32 Å². The van der Waals surface area contributed by atoms with Crippen LogP contribution in [0, 0.1) is 0 Å². The van der Waals surface area contributed by atoms with Crippen molar-refractivity contribution in [3.8, 4) is 0 Å². The lowest BCUT2D eigenvalue weighted by molar-refractivity contribution is 0.282. The average molecular weight is 228 g/mol. The van der Waals surface area contributed by atoms with Gasteiger partial charge in [-0.15, -0.1) is 0 Å². The molecule has 1 heterocycles. The molecule has 1 aromatic heterocycles. The van der Waals surface area contributed by atoms with Crippen LogP contribution in [-0.4, -0.2) is 10.1 Å². The van der Waals surface area contributed by atoms with Gasteiger partial charge in [0.15, 0.2) is 0 Å². The maximum Gasteiger partial charge on any atom is 0.0681 e. The first-order valence-electron chi connectivity index (χ1n) is 5.66. The first-order chi connectivity index (χ1) is 8.29. The van der Waals surface area contributed by atoms with Gasteiger partial charge in [0, 0.05) is 24.1 Å². The van der Waals surface area contributed by atoms with Crippen molar-refractivity contribution in [1.29, 1.82) is 0 Å². The molecule has 0 amide bonds. The minimum Gasteiger partial charge on any atom is -0.392 e. The molecule has 1 atom stereocenters. The first kappa shape index (κ1) is 11.6. The highest BCUT2D eigenvalue weighted by molar-refractivity contribution is 5.46. The smallest absolute Gasteiger partial charge is 0.0681 e. The highest BCUT2D eigenvalue weighted by Gasteiger charge is 2.04. The second-order valence-electron chi connectivity index (χ2n) is 4.00. The van der Waals surface area contributed by atoms with E-state index in [0.29, 0.717) is 0 Å². The lowest BCUT2D eigenvalue weighted by Crippen LogP contribution is -2.06. The van der Waals surface area contributed by atoms with Crippen LogP contribution >= 0.6 is 0 Å². The van der Waals surface area contributed by atoms with Crippen molar-refractivity contribution in [3.63, 3.8) is 0 Å². The standard InChI is InChI=1S/C14H16N2O/c1-11(13-6-8-15-9-7-13)16-14-4-2-12(10-17)3-5-14/h2-9,11,16-17H,10H2,1H3. The Labute approximate surface area is 101 Å². The number of nitrogens with zero attached hydrogens (tertiary/aromatic N) is 1. The fraction of sp³-hybridized carbons (Fsp3) is 0.214. The largest absolute Gasteiger partial charge is 0.392 e. The number of aliphatic hydroxyl groups is 1. The quantitative estimate of drug-likeness (QED) is 0.845. The van der Waals surface area contributed by atoms with Gasteiger partial charge in [0.05, 0.1) is 6.61 Å². The van der Waals surface area contributed by atoms with Crippen LogP contribution in [0.15, 0.2) is 48.8 Å². The van der Waals surface area contributed by atoms with Gasteiger partial charge in [-0.1, -0.05) is 12.1 Å². The second kappa shape index (κ2) is 5.46. The zero-order chi connectivity index (χ0) is 12.1. The summed E-state index contributed by atoms with van der Waals surface area (Å²) in [6.07, 6.45) is 3.59. The van der Waals surface area contributed by atoms with Gasteiger partial charge in [0.2, 0.25) is 0 Å². The molecule has 0 aliphatic heterocycles. The van der Waals surface area contributed by atoms with Crippen molar-refractivity contribution < 1.29 is 5.11 Å². The molecular formula is C14H16N2O. The number of pyridine rings is 1. The van der Waals surface area contributed by atoms with Crippen LogP contribution in [0.25, 0.3) is 0 Å². The van der Waals surface area contributed by atoms with Crippen molar-refractivity contribution >= 4 is 5.69 Å². The Morgan fingerprint density at radius 1 is 1.12 bits per heavy atom. The highest BCUT2D eigenvalue weighted by Crippen LogP contribution is 2.18. The van der Waals surface area contributed by atoms with Crippen LogP contribution in [0.4, 0.5) is 5.69 Å². The van der Waals surface area contributed by atoms with Crippen molar-refractivity contribution in [1.82, 2.24) is 4.98 Å². The lowest BCUT2D eigenvalue weighted by atomic mass is 10.1. The molecule has 0 fully saturated rings. The fourth-order valence-corrected chi connectivity index (χ4v) is 1.69. The molecule has 2 rings (SSSR count). The topological polar surface area (TPSA) is 45.1 Å². The Morgan fingerprint density at radius 3 is 2.35 bits per heavy atom. The molecule has 0 aliphatic carbocycles. The second-order valence-corrected chi connectivity index (χ2v) is 4.00. The van der Waals surface area contributed by atoms with Crippen molar-refractivity contribution in [2.75, 3.05) is 5.32 Å². The van der Waals surface area contributed by atoms with E-state index in [4.69, 9.17) is 5.11 Å².